The van der Waals surface area contributed by atoms with Crippen molar-refractivity contribution in [1.82, 2.24) is 19.3 Å². The molecule has 4 rings (SSSR count). The van der Waals surface area contributed by atoms with Crippen molar-refractivity contribution < 1.29 is 14.4 Å². The molecule has 0 aliphatic heterocycles. The summed E-state index contributed by atoms with van der Waals surface area (Å²) in [5, 5.41) is 7.97. The van der Waals surface area contributed by atoms with E-state index in [1.54, 1.807) is 30.9 Å². The van der Waals surface area contributed by atoms with Crippen LogP contribution in [-0.4, -0.2) is 37.8 Å². The van der Waals surface area contributed by atoms with Crippen LogP contribution < -0.4 is 0 Å². The van der Waals surface area contributed by atoms with E-state index in [4.69, 9.17) is 9.57 Å². The van der Waals surface area contributed by atoms with Crippen LogP contribution in [0.25, 0.3) is 11.0 Å². The van der Waals surface area contributed by atoms with Gasteiger partial charge in [-0.15, -0.1) is 12.4 Å². The number of ether oxygens (including phenoxy) is 1. The predicted octanol–water partition coefficient (Wildman–Crippen LogP) is 2.97. The Morgan fingerprint density at radius 3 is 2.96 bits per heavy atom. The number of carbonyl (C=O) groups is 1. The highest BCUT2D eigenvalue weighted by Crippen LogP contribution is 2.42. The molecule has 2 unspecified atom stereocenters. The highest BCUT2D eigenvalue weighted by atomic mass is 35.5. The average molecular weight is 402 g/mol. The number of carbonyl (C=O) groups excluding carboxylic acids is 1. The fourth-order valence-electron chi connectivity index (χ4n) is 2.98. The van der Waals surface area contributed by atoms with E-state index >= 15 is 0 Å². The number of imidazole rings is 1. The van der Waals surface area contributed by atoms with Crippen molar-refractivity contribution in [3.05, 3.63) is 54.1 Å². The first kappa shape index (κ1) is 19.7. The lowest BCUT2D eigenvalue weighted by atomic mass is 10.2. The zero-order chi connectivity index (χ0) is 18.8. The average Bonchev–Trinajstić information content (AvgIpc) is 3.09. The van der Waals surface area contributed by atoms with Gasteiger partial charge in [0.25, 0.3) is 6.10 Å². The molecular formula is C19H20ClN5O3. The standard InChI is InChI=1S/C19H19N5O3.ClH/c1-3-26-19(25)18(16-8-9-21-23(16)2)27-22-11-13-10-17(13)24-12-20-14-6-4-5-7-15(14)24;/h4-9,12,17-18H,3,10H2,1-2H3;1H. The number of hydrogen-bond donors (Lipinski definition) is 0. The monoisotopic (exact) mass is 401 g/mol. The van der Waals surface area contributed by atoms with Crippen LogP contribution in [0.3, 0.4) is 0 Å². The maximum absolute atomic E-state index is 12.2. The minimum atomic E-state index is -0.975. The molecule has 1 aromatic carbocycles. The summed E-state index contributed by atoms with van der Waals surface area (Å²) in [5.74, 6) is 2.39. The predicted molar refractivity (Wildman–Crippen MR) is 105 cm³/mol. The molecule has 28 heavy (non-hydrogen) atoms. The number of halogens is 1. The van der Waals surface area contributed by atoms with Gasteiger partial charge in [0, 0.05) is 31.1 Å². The van der Waals surface area contributed by atoms with Crippen molar-refractivity contribution in [1.29, 1.82) is 0 Å². The van der Waals surface area contributed by atoms with E-state index in [9.17, 15) is 4.79 Å². The highest BCUT2D eigenvalue weighted by Gasteiger charge is 2.33. The molecule has 2 atom stereocenters. The number of benzene rings is 1. The molecule has 0 spiro atoms. The number of nitrogens with zero attached hydrogens (tertiary/aromatic N) is 5. The van der Waals surface area contributed by atoms with Gasteiger partial charge in [0.1, 0.15) is 0 Å². The molecular weight excluding hydrogens is 382 g/mol. The minimum absolute atomic E-state index is 0. The molecule has 0 saturated heterocycles. The third-order valence-corrected chi connectivity index (χ3v) is 4.45. The number of aromatic nitrogens is 4. The van der Waals surface area contributed by atoms with Crippen molar-refractivity contribution in [3.8, 4) is 0 Å². The second kappa shape index (κ2) is 8.29. The Morgan fingerprint density at radius 1 is 1.39 bits per heavy atom. The lowest BCUT2D eigenvalue weighted by Crippen LogP contribution is -2.20. The molecule has 1 saturated carbocycles. The molecule has 2 aromatic heterocycles. The van der Waals surface area contributed by atoms with Gasteiger partial charge in [-0.1, -0.05) is 12.1 Å². The summed E-state index contributed by atoms with van der Waals surface area (Å²) in [6.45, 7) is 2.00. The van der Waals surface area contributed by atoms with Crippen molar-refractivity contribution in [2.24, 2.45) is 12.2 Å². The summed E-state index contributed by atoms with van der Waals surface area (Å²) < 4.78 is 8.72. The first-order valence-corrected chi connectivity index (χ1v) is 8.72. The molecule has 0 N–H and O–H groups in total. The fourth-order valence-corrected chi connectivity index (χ4v) is 2.98. The van der Waals surface area contributed by atoms with E-state index < -0.39 is 12.1 Å². The summed E-state index contributed by atoms with van der Waals surface area (Å²) >= 11 is 0. The number of rotatable bonds is 6. The van der Waals surface area contributed by atoms with E-state index in [-0.39, 0.29) is 25.1 Å². The molecule has 9 heteroatoms. The zero-order valence-corrected chi connectivity index (χ0v) is 16.3. The van der Waals surface area contributed by atoms with Crippen molar-refractivity contribution >= 4 is 35.3 Å². The molecule has 8 nitrogen and oxygen atoms in total. The van der Waals surface area contributed by atoms with E-state index in [2.05, 4.69) is 25.7 Å². The van der Waals surface area contributed by atoms with Gasteiger partial charge in [0.15, 0.2) is 0 Å². The smallest absolute Gasteiger partial charge is 0.356 e. The topological polar surface area (TPSA) is 83.5 Å². The molecule has 3 aromatic rings. The molecule has 0 radical (unpaired) electrons. The molecule has 1 aliphatic carbocycles. The van der Waals surface area contributed by atoms with E-state index in [1.807, 2.05) is 30.6 Å². The number of para-hydroxylation sites is 2. The van der Waals surface area contributed by atoms with Crippen LogP contribution in [0.1, 0.15) is 31.2 Å². The summed E-state index contributed by atoms with van der Waals surface area (Å²) in [6, 6.07) is 9.83. The van der Waals surface area contributed by atoms with Crippen molar-refractivity contribution in [2.75, 3.05) is 6.61 Å². The van der Waals surface area contributed by atoms with Gasteiger partial charge < -0.3 is 14.1 Å². The zero-order valence-electron chi connectivity index (χ0n) is 15.5. The SMILES string of the molecule is CCOC(=O)C(ON=C=C1CC1n1cnc2ccccc21)c1ccnn1C.Cl. The van der Waals surface area contributed by atoms with Crippen LogP contribution in [0.4, 0.5) is 0 Å². The lowest BCUT2D eigenvalue weighted by molar-refractivity contribution is -0.157. The van der Waals surface area contributed by atoms with Gasteiger partial charge in [0.05, 0.1) is 35.7 Å². The molecule has 0 bridgehead atoms. The number of aryl methyl sites for hydroxylation is 1. The second-order valence-corrected chi connectivity index (χ2v) is 6.21. The Kier molecular flexibility index (Phi) is 5.82. The first-order chi connectivity index (χ1) is 13.2. The molecule has 1 aliphatic rings. The Hall–Kier alpha value is -3.09. The first-order valence-electron chi connectivity index (χ1n) is 8.72. The van der Waals surface area contributed by atoms with Gasteiger partial charge in [-0.25, -0.2) is 9.78 Å². The Labute approximate surface area is 167 Å². The summed E-state index contributed by atoms with van der Waals surface area (Å²) in [5.41, 5.74) is 3.58. The van der Waals surface area contributed by atoms with Crippen molar-refractivity contribution in [2.45, 2.75) is 25.5 Å². The second-order valence-electron chi connectivity index (χ2n) is 6.21. The van der Waals surface area contributed by atoms with Crippen LogP contribution in [0.5, 0.6) is 0 Å². The molecule has 2 heterocycles. The van der Waals surface area contributed by atoms with Crippen LogP contribution >= 0.6 is 12.4 Å². The van der Waals surface area contributed by atoms with Gasteiger partial charge in [-0.05, 0) is 30.3 Å². The fraction of sp³-hybridized carbons (Fsp3) is 0.316. The van der Waals surface area contributed by atoms with Gasteiger partial charge in [0.2, 0.25) is 0 Å². The molecule has 1 fully saturated rings. The van der Waals surface area contributed by atoms with Crippen LogP contribution in [-0.2, 0) is 21.4 Å². The highest BCUT2D eigenvalue weighted by molar-refractivity contribution is 5.85. The Morgan fingerprint density at radius 2 is 2.21 bits per heavy atom. The normalized spacial score (nSPS) is 16.1. The Bertz CT molecular complexity index is 1050. The van der Waals surface area contributed by atoms with E-state index in [1.165, 1.54) is 0 Å². The summed E-state index contributed by atoms with van der Waals surface area (Å²) in [7, 11) is 1.73. The number of fused-ring (bicyclic) bond motifs is 1. The quantitative estimate of drug-likeness (QED) is 0.360. The number of hydrogen-bond acceptors (Lipinski definition) is 6. The van der Waals surface area contributed by atoms with Gasteiger partial charge >= 0.3 is 5.97 Å². The van der Waals surface area contributed by atoms with Crippen LogP contribution in [0, 0.1) is 0 Å². The third-order valence-electron chi connectivity index (χ3n) is 4.45. The van der Waals surface area contributed by atoms with Gasteiger partial charge in [-0.3, -0.25) is 4.68 Å². The van der Waals surface area contributed by atoms with Crippen LogP contribution in [0.2, 0.25) is 0 Å². The minimum Gasteiger partial charge on any atom is -0.463 e. The Balaban J connectivity index is 0.00000225. The van der Waals surface area contributed by atoms with E-state index in [0.29, 0.717) is 5.69 Å². The van der Waals surface area contributed by atoms with Gasteiger partial charge in [-0.2, -0.15) is 5.10 Å². The number of allylic oxidation sites excluding steroid dienone is 1. The lowest BCUT2D eigenvalue weighted by Gasteiger charge is -2.12. The van der Waals surface area contributed by atoms with E-state index in [0.717, 1.165) is 23.0 Å². The third kappa shape index (κ3) is 3.78. The largest absolute Gasteiger partial charge is 0.463 e. The number of esters is 1. The summed E-state index contributed by atoms with van der Waals surface area (Å²) in [6.07, 6.45) is 3.26. The molecule has 0 amide bonds. The molecule has 146 valence electrons. The van der Waals surface area contributed by atoms with Crippen LogP contribution in [0.15, 0.2) is 53.6 Å². The maximum atomic E-state index is 12.2. The van der Waals surface area contributed by atoms with Crippen molar-refractivity contribution in [3.63, 3.8) is 0 Å². The maximum Gasteiger partial charge on any atom is 0.356 e. The summed E-state index contributed by atoms with van der Waals surface area (Å²) in [4.78, 5) is 22.0.